The number of likely N-dealkylation sites (tertiary alicyclic amines) is 1. The molecule has 1 atom stereocenters. The number of nitrogens with two attached hydrogens (primary N) is 1. The van der Waals surface area contributed by atoms with Gasteiger partial charge in [0.2, 0.25) is 0 Å². The highest BCUT2D eigenvalue weighted by molar-refractivity contribution is 5.97. The van der Waals surface area contributed by atoms with Crippen LogP contribution in [-0.2, 0) is 6.54 Å². The van der Waals surface area contributed by atoms with E-state index in [4.69, 9.17) is 10.9 Å². The van der Waals surface area contributed by atoms with Gasteiger partial charge in [0.15, 0.2) is 5.84 Å². The number of oxime groups is 1. The van der Waals surface area contributed by atoms with Gasteiger partial charge in [-0.3, -0.25) is 4.90 Å². The molecule has 104 valence electrons. The van der Waals surface area contributed by atoms with E-state index in [2.05, 4.69) is 10.1 Å². The lowest BCUT2D eigenvalue weighted by Gasteiger charge is -2.34. The van der Waals surface area contributed by atoms with Crippen molar-refractivity contribution in [1.29, 1.82) is 0 Å². The molecule has 1 saturated heterocycles. The third-order valence-electron chi connectivity index (χ3n) is 3.68. The van der Waals surface area contributed by atoms with Crippen LogP contribution in [0.15, 0.2) is 29.4 Å². The van der Waals surface area contributed by atoms with E-state index in [0.29, 0.717) is 0 Å². The molecule has 0 radical (unpaired) electrons. The summed E-state index contributed by atoms with van der Waals surface area (Å²) in [7, 11) is 0. The minimum absolute atomic E-state index is 0.124. The maximum atomic E-state index is 9.41. The predicted octanol–water partition coefficient (Wildman–Crippen LogP) is 1.13. The van der Waals surface area contributed by atoms with Gasteiger partial charge in [0.05, 0.1) is 6.61 Å². The number of benzene rings is 1. The molecule has 1 heterocycles. The molecule has 1 fully saturated rings. The molecular weight excluding hydrogens is 242 g/mol. The molecule has 0 amide bonds. The quantitative estimate of drug-likeness (QED) is 0.329. The number of piperidine rings is 1. The molecule has 0 spiro atoms. The number of rotatable bonds is 4. The van der Waals surface area contributed by atoms with E-state index in [1.807, 2.05) is 24.3 Å². The maximum absolute atomic E-state index is 9.41. The van der Waals surface area contributed by atoms with Crippen molar-refractivity contribution in [2.45, 2.75) is 31.8 Å². The number of aliphatic hydroxyl groups is 1. The normalized spacial score (nSPS) is 21.5. The van der Waals surface area contributed by atoms with Gasteiger partial charge in [-0.2, -0.15) is 0 Å². The first kappa shape index (κ1) is 13.8. The van der Waals surface area contributed by atoms with Gasteiger partial charge in [0.1, 0.15) is 0 Å². The Morgan fingerprint density at radius 3 is 3.00 bits per heavy atom. The van der Waals surface area contributed by atoms with E-state index >= 15 is 0 Å². The lowest BCUT2D eigenvalue weighted by Crippen LogP contribution is -2.41. The zero-order chi connectivity index (χ0) is 13.7. The SMILES string of the molecule is N/C(=N/O)c1cccc(CN2CCCCC2CO)c1. The van der Waals surface area contributed by atoms with E-state index in [1.54, 1.807) is 0 Å². The fourth-order valence-electron chi connectivity index (χ4n) is 2.60. The first-order valence-electron chi connectivity index (χ1n) is 6.66. The van der Waals surface area contributed by atoms with Gasteiger partial charge in [0.25, 0.3) is 0 Å². The molecule has 0 saturated carbocycles. The summed E-state index contributed by atoms with van der Waals surface area (Å²) in [6.45, 7) is 2.01. The van der Waals surface area contributed by atoms with Crippen LogP contribution >= 0.6 is 0 Å². The maximum Gasteiger partial charge on any atom is 0.170 e. The van der Waals surface area contributed by atoms with E-state index in [9.17, 15) is 5.11 Å². The molecule has 2 rings (SSSR count). The van der Waals surface area contributed by atoms with Crippen molar-refractivity contribution in [3.05, 3.63) is 35.4 Å². The highest BCUT2D eigenvalue weighted by Crippen LogP contribution is 2.19. The standard InChI is InChI=1S/C14H21N3O2/c15-14(16-19)12-5-3-4-11(8-12)9-17-7-2-1-6-13(17)10-18/h3-5,8,13,18-19H,1-2,6-7,9-10H2,(H2,15,16). The Balaban J connectivity index is 2.09. The lowest BCUT2D eigenvalue weighted by molar-refractivity contribution is 0.0841. The predicted molar refractivity (Wildman–Crippen MR) is 74.1 cm³/mol. The fraction of sp³-hybridized carbons (Fsp3) is 0.500. The van der Waals surface area contributed by atoms with Crippen LogP contribution in [0.25, 0.3) is 0 Å². The number of aliphatic hydroxyl groups excluding tert-OH is 1. The molecule has 1 aliphatic rings. The molecule has 1 unspecified atom stereocenters. The zero-order valence-electron chi connectivity index (χ0n) is 11.0. The molecule has 4 N–H and O–H groups in total. The summed E-state index contributed by atoms with van der Waals surface area (Å²) < 4.78 is 0. The highest BCUT2D eigenvalue weighted by Gasteiger charge is 2.21. The summed E-state index contributed by atoms with van der Waals surface area (Å²) in [5, 5.41) is 21.1. The zero-order valence-corrected chi connectivity index (χ0v) is 11.0. The summed E-state index contributed by atoms with van der Waals surface area (Å²) in [5.41, 5.74) is 7.43. The average molecular weight is 263 g/mol. The number of nitrogens with zero attached hydrogens (tertiary/aromatic N) is 2. The number of amidine groups is 1. The first-order chi connectivity index (χ1) is 9.24. The van der Waals surface area contributed by atoms with Crippen molar-refractivity contribution in [3.63, 3.8) is 0 Å². The second-order valence-corrected chi connectivity index (χ2v) is 4.99. The molecule has 1 aromatic carbocycles. The Morgan fingerprint density at radius 2 is 2.26 bits per heavy atom. The van der Waals surface area contributed by atoms with Crippen molar-refractivity contribution in [3.8, 4) is 0 Å². The van der Waals surface area contributed by atoms with Gasteiger partial charge in [-0.15, -0.1) is 0 Å². The van der Waals surface area contributed by atoms with Crippen LogP contribution in [0.2, 0.25) is 0 Å². The van der Waals surface area contributed by atoms with Gasteiger partial charge in [-0.1, -0.05) is 29.8 Å². The Labute approximate surface area is 113 Å². The van der Waals surface area contributed by atoms with Crippen LogP contribution in [-0.4, -0.2) is 40.2 Å². The van der Waals surface area contributed by atoms with E-state index in [1.165, 1.54) is 12.8 Å². The first-order valence-corrected chi connectivity index (χ1v) is 6.66. The summed E-state index contributed by atoms with van der Waals surface area (Å²) in [6.07, 6.45) is 3.42. The van der Waals surface area contributed by atoms with Gasteiger partial charge < -0.3 is 16.0 Å². The molecule has 5 heteroatoms. The van der Waals surface area contributed by atoms with Crippen LogP contribution < -0.4 is 5.73 Å². The van der Waals surface area contributed by atoms with E-state index < -0.39 is 0 Å². The molecule has 0 bridgehead atoms. The smallest absolute Gasteiger partial charge is 0.170 e. The van der Waals surface area contributed by atoms with Crippen LogP contribution in [0.5, 0.6) is 0 Å². The van der Waals surface area contributed by atoms with Crippen molar-refractivity contribution in [1.82, 2.24) is 4.90 Å². The molecule has 19 heavy (non-hydrogen) atoms. The molecular formula is C14H21N3O2. The molecule has 1 aliphatic heterocycles. The van der Waals surface area contributed by atoms with Crippen molar-refractivity contribution in [2.75, 3.05) is 13.2 Å². The van der Waals surface area contributed by atoms with Gasteiger partial charge >= 0.3 is 0 Å². The van der Waals surface area contributed by atoms with Crippen LogP contribution in [0.3, 0.4) is 0 Å². The summed E-state index contributed by atoms with van der Waals surface area (Å²) in [4.78, 5) is 2.30. The fourth-order valence-corrected chi connectivity index (χ4v) is 2.60. The Bertz CT molecular complexity index is 448. The molecule has 1 aromatic rings. The summed E-state index contributed by atoms with van der Waals surface area (Å²) >= 11 is 0. The Hall–Kier alpha value is -1.59. The Morgan fingerprint density at radius 1 is 1.42 bits per heavy atom. The van der Waals surface area contributed by atoms with Crippen molar-refractivity contribution >= 4 is 5.84 Å². The minimum atomic E-state index is 0.124. The average Bonchev–Trinajstić information content (AvgIpc) is 2.47. The molecule has 0 aliphatic carbocycles. The summed E-state index contributed by atoms with van der Waals surface area (Å²) in [5.74, 6) is 0.124. The molecule has 5 nitrogen and oxygen atoms in total. The van der Waals surface area contributed by atoms with Crippen LogP contribution in [0.1, 0.15) is 30.4 Å². The minimum Gasteiger partial charge on any atom is -0.409 e. The second kappa shape index (κ2) is 6.54. The van der Waals surface area contributed by atoms with Crippen LogP contribution in [0.4, 0.5) is 0 Å². The van der Waals surface area contributed by atoms with Crippen LogP contribution in [0, 0.1) is 0 Å². The van der Waals surface area contributed by atoms with E-state index in [0.717, 1.165) is 30.6 Å². The topological polar surface area (TPSA) is 82.1 Å². The molecule has 0 aromatic heterocycles. The van der Waals surface area contributed by atoms with Gasteiger partial charge in [-0.05, 0) is 31.0 Å². The van der Waals surface area contributed by atoms with E-state index in [-0.39, 0.29) is 18.5 Å². The third-order valence-corrected chi connectivity index (χ3v) is 3.68. The highest BCUT2D eigenvalue weighted by atomic mass is 16.4. The van der Waals surface area contributed by atoms with Gasteiger partial charge in [0, 0.05) is 18.2 Å². The Kier molecular flexibility index (Phi) is 4.76. The lowest BCUT2D eigenvalue weighted by atomic mass is 10.0. The van der Waals surface area contributed by atoms with Crippen molar-refractivity contribution < 1.29 is 10.3 Å². The number of hydrogen-bond acceptors (Lipinski definition) is 4. The van der Waals surface area contributed by atoms with Crippen molar-refractivity contribution in [2.24, 2.45) is 10.9 Å². The summed E-state index contributed by atoms with van der Waals surface area (Å²) in [6, 6.07) is 7.93. The second-order valence-electron chi connectivity index (χ2n) is 4.99. The number of hydrogen-bond donors (Lipinski definition) is 3. The largest absolute Gasteiger partial charge is 0.409 e. The third kappa shape index (κ3) is 3.45. The van der Waals surface area contributed by atoms with Gasteiger partial charge in [-0.25, -0.2) is 0 Å². The monoisotopic (exact) mass is 263 g/mol.